The topological polar surface area (TPSA) is 110 Å². The normalized spacial score (nSPS) is 27.9. The van der Waals surface area contributed by atoms with Gasteiger partial charge in [0.2, 0.25) is 11.8 Å². The second kappa shape index (κ2) is 5.46. The number of rotatable bonds is 4. The lowest BCUT2D eigenvalue weighted by Crippen LogP contribution is -2.52. The Bertz CT molecular complexity index is 308. The zero-order valence-electron chi connectivity index (χ0n) is 10.3. The molecule has 0 aromatic rings. The Morgan fingerprint density at radius 2 is 2.12 bits per heavy atom. The van der Waals surface area contributed by atoms with Crippen LogP contribution in [0.4, 0.5) is 0 Å². The van der Waals surface area contributed by atoms with E-state index in [2.05, 4.69) is 0 Å². The van der Waals surface area contributed by atoms with Gasteiger partial charge in [0, 0.05) is 13.0 Å². The number of carbonyl (C=O) groups is 2. The number of β-amino-alcohol motifs (C(OH)–C–C–N with tert-alkyl or cyclic N) is 1. The van der Waals surface area contributed by atoms with Crippen molar-refractivity contribution in [2.75, 3.05) is 6.54 Å². The van der Waals surface area contributed by atoms with Gasteiger partial charge in [0.1, 0.15) is 6.04 Å². The lowest BCUT2D eigenvalue weighted by molar-refractivity contribution is -0.139. The van der Waals surface area contributed by atoms with E-state index < -0.39 is 24.1 Å². The van der Waals surface area contributed by atoms with Crippen molar-refractivity contribution in [3.05, 3.63) is 0 Å². The summed E-state index contributed by atoms with van der Waals surface area (Å²) in [6, 6.07) is -1.38. The number of amides is 2. The zero-order valence-corrected chi connectivity index (χ0v) is 10.3. The molecule has 17 heavy (non-hydrogen) atoms. The van der Waals surface area contributed by atoms with Gasteiger partial charge in [-0.3, -0.25) is 9.59 Å². The fraction of sp³-hybridized carbons (Fsp3) is 0.818. The fourth-order valence-electron chi connectivity index (χ4n) is 2.02. The monoisotopic (exact) mass is 243 g/mol. The van der Waals surface area contributed by atoms with Gasteiger partial charge in [0.25, 0.3) is 0 Å². The molecule has 2 amide bonds. The van der Waals surface area contributed by atoms with Crippen LogP contribution in [0.3, 0.4) is 0 Å². The molecule has 98 valence electrons. The Hall–Kier alpha value is -1.14. The van der Waals surface area contributed by atoms with Crippen LogP contribution in [-0.2, 0) is 9.59 Å². The van der Waals surface area contributed by atoms with E-state index >= 15 is 0 Å². The molecule has 0 aliphatic carbocycles. The van der Waals surface area contributed by atoms with E-state index in [1.807, 2.05) is 13.8 Å². The van der Waals surface area contributed by atoms with Crippen molar-refractivity contribution >= 4 is 11.8 Å². The summed E-state index contributed by atoms with van der Waals surface area (Å²) < 4.78 is 0. The molecule has 1 saturated heterocycles. The largest absolute Gasteiger partial charge is 0.391 e. The van der Waals surface area contributed by atoms with E-state index in [0.29, 0.717) is 0 Å². The summed E-state index contributed by atoms with van der Waals surface area (Å²) in [6.45, 7) is 3.97. The molecule has 0 aromatic carbocycles. The van der Waals surface area contributed by atoms with Gasteiger partial charge in [-0.2, -0.15) is 0 Å². The molecule has 0 radical (unpaired) electrons. The smallest absolute Gasteiger partial charge is 0.240 e. The van der Waals surface area contributed by atoms with Crippen molar-refractivity contribution in [2.45, 2.75) is 44.9 Å². The third kappa shape index (κ3) is 2.95. The van der Waals surface area contributed by atoms with Crippen LogP contribution in [0.25, 0.3) is 0 Å². The van der Waals surface area contributed by atoms with Crippen molar-refractivity contribution in [1.82, 2.24) is 4.90 Å². The van der Waals surface area contributed by atoms with E-state index in [4.69, 9.17) is 11.5 Å². The molecular weight excluding hydrogens is 222 g/mol. The predicted octanol–water partition coefficient (Wildman–Crippen LogP) is -1.19. The van der Waals surface area contributed by atoms with Crippen LogP contribution in [0.1, 0.15) is 26.7 Å². The summed E-state index contributed by atoms with van der Waals surface area (Å²) in [6.07, 6.45) is 0.291. The third-order valence-corrected chi connectivity index (χ3v) is 3.43. The standard InChI is InChI=1S/C11H21N3O3/c1-3-6(2)9(12)11(17)14-5-7(15)4-8(14)10(13)16/h6-9,15H,3-5,12H2,1-2H3,(H2,13,16)/t6?,7?,8?,9-/m0/s1. The first-order valence-electron chi connectivity index (χ1n) is 5.91. The van der Waals surface area contributed by atoms with Crippen molar-refractivity contribution in [2.24, 2.45) is 17.4 Å². The Balaban J connectivity index is 2.77. The fourth-order valence-corrected chi connectivity index (χ4v) is 2.02. The van der Waals surface area contributed by atoms with Crippen LogP contribution in [0.2, 0.25) is 0 Å². The Morgan fingerprint density at radius 3 is 2.59 bits per heavy atom. The molecule has 3 unspecified atom stereocenters. The third-order valence-electron chi connectivity index (χ3n) is 3.43. The van der Waals surface area contributed by atoms with Crippen LogP contribution in [-0.4, -0.2) is 46.6 Å². The average Bonchev–Trinajstić information content (AvgIpc) is 2.68. The summed E-state index contributed by atoms with van der Waals surface area (Å²) in [5.74, 6) is -0.861. The second-order valence-corrected chi connectivity index (χ2v) is 4.71. The molecule has 4 atom stereocenters. The molecule has 1 fully saturated rings. The van der Waals surface area contributed by atoms with Gasteiger partial charge in [-0.25, -0.2) is 0 Å². The maximum atomic E-state index is 12.1. The highest BCUT2D eigenvalue weighted by molar-refractivity contribution is 5.89. The molecule has 0 bridgehead atoms. The first-order valence-corrected chi connectivity index (χ1v) is 5.91. The molecule has 1 aliphatic heterocycles. The number of nitrogens with zero attached hydrogens (tertiary/aromatic N) is 1. The van der Waals surface area contributed by atoms with E-state index in [1.165, 1.54) is 4.90 Å². The SMILES string of the molecule is CCC(C)[C@H](N)C(=O)N1CC(O)CC1C(N)=O. The average molecular weight is 243 g/mol. The highest BCUT2D eigenvalue weighted by Gasteiger charge is 2.40. The summed E-state index contributed by atoms with van der Waals surface area (Å²) in [5.41, 5.74) is 11.0. The maximum absolute atomic E-state index is 12.1. The number of primary amides is 1. The van der Waals surface area contributed by atoms with Gasteiger partial charge in [0.05, 0.1) is 12.1 Å². The van der Waals surface area contributed by atoms with Crippen LogP contribution in [0, 0.1) is 5.92 Å². The van der Waals surface area contributed by atoms with Gasteiger partial charge in [-0.1, -0.05) is 20.3 Å². The number of nitrogens with two attached hydrogens (primary N) is 2. The molecule has 6 heteroatoms. The van der Waals surface area contributed by atoms with Crippen LogP contribution in [0.5, 0.6) is 0 Å². The molecular formula is C11H21N3O3. The number of hydrogen-bond donors (Lipinski definition) is 3. The number of aliphatic hydroxyl groups is 1. The Morgan fingerprint density at radius 1 is 1.53 bits per heavy atom. The Kier molecular flexibility index (Phi) is 4.47. The summed E-state index contributed by atoms with van der Waals surface area (Å²) in [7, 11) is 0. The van der Waals surface area contributed by atoms with Crippen molar-refractivity contribution in [3.8, 4) is 0 Å². The van der Waals surface area contributed by atoms with Gasteiger partial charge in [-0.05, 0) is 5.92 Å². The second-order valence-electron chi connectivity index (χ2n) is 4.71. The summed E-state index contributed by atoms with van der Waals surface area (Å²) >= 11 is 0. The van der Waals surface area contributed by atoms with Gasteiger partial charge in [-0.15, -0.1) is 0 Å². The van der Waals surface area contributed by atoms with E-state index in [0.717, 1.165) is 6.42 Å². The molecule has 1 heterocycles. The molecule has 5 N–H and O–H groups in total. The quantitative estimate of drug-likeness (QED) is 0.576. The van der Waals surface area contributed by atoms with Gasteiger partial charge >= 0.3 is 0 Å². The lowest BCUT2D eigenvalue weighted by Gasteiger charge is -2.27. The zero-order chi connectivity index (χ0) is 13.2. The molecule has 0 spiro atoms. The molecule has 6 nitrogen and oxygen atoms in total. The van der Waals surface area contributed by atoms with Crippen molar-refractivity contribution in [3.63, 3.8) is 0 Å². The molecule has 1 rings (SSSR count). The first kappa shape index (κ1) is 13.9. The number of aliphatic hydroxyl groups excluding tert-OH is 1. The van der Waals surface area contributed by atoms with Crippen molar-refractivity contribution < 1.29 is 14.7 Å². The molecule has 0 saturated carbocycles. The number of carbonyl (C=O) groups excluding carboxylic acids is 2. The number of likely N-dealkylation sites (tertiary alicyclic amines) is 1. The minimum atomic E-state index is -0.729. The summed E-state index contributed by atoms with van der Waals surface area (Å²) in [4.78, 5) is 24.6. The molecule has 0 aromatic heterocycles. The van der Waals surface area contributed by atoms with Crippen LogP contribution in [0.15, 0.2) is 0 Å². The van der Waals surface area contributed by atoms with Crippen LogP contribution < -0.4 is 11.5 Å². The van der Waals surface area contributed by atoms with Crippen LogP contribution >= 0.6 is 0 Å². The van der Waals surface area contributed by atoms with Crippen molar-refractivity contribution in [1.29, 1.82) is 0 Å². The minimum absolute atomic E-state index is 0.0359. The Labute approximate surface area is 101 Å². The first-order chi connectivity index (χ1) is 7.88. The maximum Gasteiger partial charge on any atom is 0.240 e. The summed E-state index contributed by atoms with van der Waals surface area (Å²) in [5, 5.41) is 9.50. The lowest BCUT2D eigenvalue weighted by atomic mass is 9.98. The molecule has 1 aliphatic rings. The van der Waals surface area contributed by atoms with E-state index in [1.54, 1.807) is 0 Å². The minimum Gasteiger partial charge on any atom is -0.391 e. The highest BCUT2D eigenvalue weighted by Crippen LogP contribution is 2.20. The van der Waals surface area contributed by atoms with Gasteiger partial charge < -0.3 is 21.5 Å². The van der Waals surface area contributed by atoms with E-state index in [9.17, 15) is 14.7 Å². The number of hydrogen-bond acceptors (Lipinski definition) is 4. The van der Waals surface area contributed by atoms with E-state index in [-0.39, 0.29) is 24.8 Å². The highest BCUT2D eigenvalue weighted by atomic mass is 16.3. The predicted molar refractivity (Wildman–Crippen MR) is 62.7 cm³/mol. The van der Waals surface area contributed by atoms with Gasteiger partial charge in [0.15, 0.2) is 0 Å².